The van der Waals surface area contributed by atoms with Gasteiger partial charge in [0.2, 0.25) is 0 Å². The van der Waals surface area contributed by atoms with Crippen LogP contribution in [0, 0.1) is 11.8 Å². The first-order valence-electron chi connectivity index (χ1n) is 8.45. The van der Waals surface area contributed by atoms with Crippen molar-refractivity contribution in [3.05, 3.63) is 48.3 Å². The fourth-order valence-corrected chi connectivity index (χ4v) is 4.56. The molecule has 2 aliphatic rings. The summed E-state index contributed by atoms with van der Waals surface area (Å²) in [7, 11) is 0. The Kier molecular flexibility index (Phi) is 3.65. The largest absolute Gasteiger partial charge is 0.469 e. The molecule has 4 atom stereocenters. The zero-order valence-corrected chi connectivity index (χ0v) is 12.7. The SMILES string of the molecule is O=C(C1CCCC1c1ccco1)C1CCCC1c1ccco1. The summed E-state index contributed by atoms with van der Waals surface area (Å²) in [5, 5.41) is 0. The Morgan fingerprint density at radius 1 is 0.818 bits per heavy atom. The third-order valence-electron chi connectivity index (χ3n) is 5.58. The van der Waals surface area contributed by atoms with Crippen molar-refractivity contribution in [2.24, 2.45) is 11.8 Å². The van der Waals surface area contributed by atoms with E-state index in [1.54, 1.807) is 12.5 Å². The zero-order valence-electron chi connectivity index (χ0n) is 12.7. The Morgan fingerprint density at radius 2 is 1.32 bits per heavy atom. The summed E-state index contributed by atoms with van der Waals surface area (Å²) in [5.41, 5.74) is 0. The van der Waals surface area contributed by atoms with Crippen LogP contribution in [0.25, 0.3) is 0 Å². The summed E-state index contributed by atoms with van der Waals surface area (Å²) < 4.78 is 11.2. The van der Waals surface area contributed by atoms with Crippen LogP contribution in [0.5, 0.6) is 0 Å². The van der Waals surface area contributed by atoms with Crippen molar-refractivity contribution in [2.45, 2.75) is 50.4 Å². The van der Waals surface area contributed by atoms with Crippen LogP contribution in [0.4, 0.5) is 0 Å². The molecule has 3 heteroatoms. The van der Waals surface area contributed by atoms with Crippen LogP contribution in [-0.4, -0.2) is 5.78 Å². The van der Waals surface area contributed by atoms with E-state index >= 15 is 0 Å². The van der Waals surface area contributed by atoms with Gasteiger partial charge < -0.3 is 8.83 Å². The summed E-state index contributed by atoms with van der Waals surface area (Å²) in [6, 6.07) is 7.90. The summed E-state index contributed by atoms with van der Waals surface area (Å²) in [5.74, 6) is 3.24. The first-order valence-corrected chi connectivity index (χ1v) is 8.45. The van der Waals surface area contributed by atoms with Gasteiger partial charge in [0, 0.05) is 23.7 Å². The number of carbonyl (C=O) groups excluding carboxylic acids is 1. The highest BCUT2D eigenvalue weighted by Gasteiger charge is 2.43. The number of hydrogen-bond acceptors (Lipinski definition) is 3. The Hall–Kier alpha value is -1.77. The Bertz CT molecular complexity index is 557. The maximum atomic E-state index is 13.2. The molecule has 3 nitrogen and oxygen atoms in total. The molecular weight excluding hydrogens is 276 g/mol. The van der Waals surface area contributed by atoms with E-state index in [2.05, 4.69) is 0 Å². The van der Waals surface area contributed by atoms with Gasteiger partial charge in [0.05, 0.1) is 12.5 Å². The number of furan rings is 2. The molecule has 4 unspecified atom stereocenters. The predicted molar refractivity (Wildman–Crippen MR) is 82.6 cm³/mol. The average molecular weight is 298 g/mol. The maximum Gasteiger partial charge on any atom is 0.140 e. The number of carbonyl (C=O) groups is 1. The molecule has 0 aromatic carbocycles. The Labute approximate surface area is 130 Å². The molecule has 2 aliphatic carbocycles. The molecule has 0 bridgehead atoms. The Balaban J connectivity index is 1.55. The van der Waals surface area contributed by atoms with Gasteiger partial charge in [-0.2, -0.15) is 0 Å². The normalized spacial score (nSPS) is 31.6. The average Bonchev–Trinajstić information content (AvgIpc) is 3.35. The van der Waals surface area contributed by atoms with Crippen molar-refractivity contribution < 1.29 is 13.6 Å². The maximum absolute atomic E-state index is 13.2. The van der Waals surface area contributed by atoms with Crippen LogP contribution >= 0.6 is 0 Å². The standard InChI is InChI=1S/C19H22O3/c20-19(15-7-1-5-13(15)17-9-3-11-21-17)16-8-2-6-14(16)18-10-4-12-22-18/h3-4,9-16H,1-2,5-8H2. The summed E-state index contributed by atoms with van der Waals surface area (Å²) >= 11 is 0. The van der Waals surface area contributed by atoms with Gasteiger partial charge in [-0.3, -0.25) is 4.79 Å². The second-order valence-corrected chi connectivity index (χ2v) is 6.72. The minimum Gasteiger partial charge on any atom is -0.469 e. The predicted octanol–water partition coefficient (Wildman–Crippen LogP) is 4.91. The lowest BCUT2D eigenvalue weighted by atomic mass is 9.79. The quantitative estimate of drug-likeness (QED) is 0.805. The molecule has 2 fully saturated rings. The van der Waals surface area contributed by atoms with E-state index in [4.69, 9.17) is 8.83 Å². The molecule has 4 rings (SSSR count). The van der Waals surface area contributed by atoms with E-state index in [1.165, 1.54) is 0 Å². The van der Waals surface area contributed by atoms with Gasteiger partial charge >= 0.3 is 0 Å². The second kappa shape index (κ2) is 5.79. The third kappa shape index (κ3) is 2.33. The van der Waals surface area contributed by atoms with Gasteiger partial charge in [-0.1, -0.05) is 12.8 Å². The minimum absolute atomic E-state index is 0.131. The van der Waals surface area contributed by atoms with Crippen LogP contribution < -0.4 is 0 Å². The van der Waals surface area contributed by atoms with Crippen molar-refractivity contribution in [3.8, 4) is 0 Å². The smallest absolute Gasteiger partial charge is 0.140 e. The minimum atomic E-state index is 0.131. The van der Waals surface area contributed by atoms with Gasteiger partial charge in [-0.05, 0) is 49.9 Å². The van der Waals surface area contributed by atoms with E-state index < -0.39 is 0 Å². The first-order chi connectivity index (χ1) is 10.8. The lowest BCUT2D eigenvalue weighted by Gasteiger charge is -2.23. The van der Waals surface area contributed by atoms with Crippen molar-refractivity contribution >= 4 is 5.78 Å². The van der Waals surface area contributed by atoms with E-state index in [0.717, 1.165) is 50.0 Å². The van der Waals surface area contributed by atoms with E-state index in [9.17, 15) is 4.79 Å². The van der Waals surface area contributed by atoms with Gasteiger partial charge in [0.15, 0.2) is 0 Å². The highest BCUT2D eigenvalue weighted by atomic mass is 16.3. The Morgan fingerprint density at radius 3 is 1.73 bits per heavy atom. The zero-order chi connectivity index (χ0) is 14.9. The van der Waals surface area contributed by atoms with Crippen molar-refractivity contribution in [3.63, 3.8) is 0 Å². The molecule has 0 aliphatic heterocycles. The highest BCUT2D eigenvalue weighted by Crippen LogP contribution is 2.47. The molecule has 2 aromatic rings. The van der Waals surface area contributed by atoms with Crippen LogP contribution in [0.15, 0.2) is 45.6 Å². The number of Topliss-reactive ketones (excluding diaryl/α,β-unsaturated/α-hetero) is 1. The van der Waals surface area contributed by atoms with E-state index in [-0.39, 0.29) is 23.7 Å². The van der Waals surface area contributed by atoms with Gasteiger partial charge in [-0.25, -0.2) is 0 Å². The summed E-state index contributed by atoms with van der Waals surface area (Å²) in [6.45, 7) is 0. The van der Waals surface area contributed by atoms with Crippen LogP contribution in [0.3, 0.4) is 0 Å². The van der Waals surface area contributed by atoms with Crippen molar-refractivity contribution in [1.82, 2.24) is 0 Å². The molecule has 0 N–H and O–H groups in total. The number of rotatable bonds is 4. The number of hydrogen-bond donors (Lipinski definition) is 0. The van der Waals surface area contributed by atoms with Gasteiger partial charge in [0.1, 0.15) is 17.3 Å². The lowest BCUT2D eigenvalue weighted by molar-refractivity contribution is -0.127. The molecule has 0 saturated heterocycles. The first kappa shape index (κ1) is 13.9. The molecule has 2 heterocycles. The molecule has 0 radical (unpaired) electrons. The number of ketones is 1. The molecule has 0 amide bonds. The topological polar surface area (TPSA) is 43.4 Å². The molecule has 116 valence electrons. The molecule has 0 spiro atoms. The molecule has 22 heavy (non-hydrogen) atoms. The lowest BCUT2D eigenvalue weighted by Crippen LogP contribution is -2.27. The van der Waals surface area contributed by atoms with Gasteiger partial charge in [0.25, 0.3) is 0 Å². The highest BCUT2D eigenvalue weighted by molar-refractivity contribution is 5.85. The molecular formula is C19H22O3. The fourth-order valence-electron chi connectivity index (χ4n) is 4.56. The van der Waals surface area contributed by atoms with Crippen molar-refractivity contribution in [1.29, 1.82) is 0 Å². The van der Waals surface area contributed by atoms with Gasteiger partial charge in [-0.15, -0.1) is 0 Å². The second-order valence-electron chi connectivity index (χ2n) is 6.72. The van der Waals surface area contributed by atoms with E-state index in [1.807, 2.05) is 24.3 Å². The monoisotopic (exact) mass is 298 g/mol. The van der Waals surface area contributed by atoms with Crippen LogP contribution in [-0.2, 0) is 4.79 Å². The third-order valence-corrected chi connectivity index (χ3v) is 5.58. The van der Waals surface area contributed by atoms with Crippen LogP contribution in [0.2, 0.25) is 0 Å². The van der Waals surface area contributed by atoms with E-state index in [0.29, 0.717) is 5.78 Å². The fraction of sp³-hybridized carbons (Fsp3) is 0.526. The summed E-state index contributed by atoms with van der Waals surface area (Å²) in [4.78, 5) is 13.2. The molecule has 2 saturated carbocycles. The van der Waals surface area contributed by atoms with Crippen LogP contribution in [0.1, 0.15) is 61.9 Å². The molecule has 2 aromatic heterocycles. The summed E-state index contributed by atoms with van der Waals surface area (Å²) in [6.07, 6.45) is 9.84. The van der Waals surface area contributed by atoms with Crippen molar-refractivity contribution in [2.75, 3.05) is 0 Å².